The summed E-state index contributed by atoms with van der Waals surface area (Å²) in [5.41, 5.74) is 3.49. The maximum absolute atomic E-state index is 12.2. The molecule has 1 saturated heterocycles. The molecule has 4 aliphatic rings. The van der Waals surface area contributed by atoms with Gasteiger partial charge in [0.1, 0.15) is 17.5 Å². The number of carbonyl (C=O) groups is 1. The van der Waals surface area contributed by atoms with Gasteiger partial charge in [-0.15, -0.1) is 5.92 Å². The quantitative estimate of drug-likeness (QED) is 0.673. The molecule has 0 radical (unpaired) electrons. The number of aliphatic hydroxyl groups is 1. The van der Waals surface area contributed by atoms with E-state index in [2.05, 4.69) is 30.9 Å². The van der Waals surface area contributed by atoms with Crippen LogP contribution in [0.15, 0.2) is 47.1 Å². The SMILES string of the molecule is CC#CC1(O)CCC2C3CCC4=CC(=O)CCC4=C3[C@H](c3ccc(OC)cc3)OCC21C. The summed E-state index contributed by atoms with van der Waals surface area (Å²) in [5.74, 6) is 7.81. The summed E-state index contributed by atoms with van der Waals surface area (Å²) in [4.78, 5) is 12.2. The number of fused-ring (bicyclic) bond motifs is 4. The van der Waals surface area contributed by atoms with E-state index in [4.69, 9.17) is 9.47 Å². The van der Waals surface area contributed by atoms with Crippen LogP contribution in [0.25, 0.3) is 0 Å². The molecule has 1 N–H and O–H groups in total. The summed E-state index contributed by atoms with van der Waals surface area (Å²) >= 11 is 0. The average molecular weight is 433 g/mol. The molecule has 2 fully saturated rings. The van der Waals surface area contributed by atoms with Gasteiger partial charge >= 0.3 is 0 Å². The molecule has 5 rings (SSSR count). The van der Waals surface area contributed by atoms with Gasteiger partial charge in [-0.2, -0.15) is 0 Å². The highest BCUT2D eigenvalue weighted by Gasteiger charge is 2.61. The number of allylic oxidation sites excluding steroid dienone is 3. The molecule has 1 aromatic rings. The molecular formula is C28H32O4. The van der Waals surface area contributed by atoms with Crippen LogP contribution < -0.4 is 4.74 Å². The third-order valence-electron chi connectivity index (χ3n) is 8.47. The number of hydrogen-bond acceptors (Lipinski definition) is 4. The van der Waals surface area contributed by atoms with Gasteiger partial charge in [0.2, 0.25) is 0 Å². The third-order valence-corrected chi connectivity index (χ3v) is 8.47. The number of ether oxygens (including phenoxy) is 2. The molecule has 1 heterocycles. The number of methoxy groups -OCH3 is 1. The monoisotopic (exact) mass is 432 g/mol. The van der Waals surface area contributed by atoms with Crippen LogP contribution >= 0.6 is 0 Å². The number of carbonyl (C=O) groups excluding carboxylic acids is 1. The van der Waals surface area contributed by atoms with Gasteiger partial charge in [-0.05, 0) is 91.4 Å². The van der Waals surface area contributed by atoms with Crippen LogP contribution in [-0.4, -0.2) is 30.2 Å². The topological polar surface area (TPSA) is 55.8 Å². The average Bonchev–Trinajstić information content (AvgIpc) is 2.96. The second kappa shape index (κ2) is 7.90. The van der Waals surface area contributed by atoms with E-state index in [0.29, 0.717) is 31.3 Å². The van der Waals surface area contributed by atoms with E-state index in [1.165, 1.54) is 16.7 Å². The van der Waals surface area contributed by atoms with Crippen LogP contribution in [0.1, 0.15) is 64.0 Å². The molecule has 0 amide bonds. The Morgan fingerprint density at radius 3 is 2.66 bits per heavy atom. The lowest BCUT2D eigenvalue weighted by Crippen LogP contribution is -2.48. The summed E-state index contributed by atoms with van der Waals surface area (Å²) in [6, 6.07) is 8.13. The Labute approximate surface area is 190 Å². The van der Waals surface area contributed by atoms with E-state index in [9.17, 15) is 9.90 Å². The first-order chi connectivity index (χ1) is 15.4. The molecule has 0 bridgehead atoms. The molecule has 1 aromatic carbocycles. The lowest BCUT2D eigenvalue weighted by Gasteiger charge is -2.42. The molecule has 0 aromatic heterocycles. The third kappa shape index (κ3) is 3.17. The summed E-state index contributed by atoms with van der Waals surface area (Å²) in [6.45, 7) is 4.44. The smallest absolute Gasteiger partial charge is 0.156 e. The fourth-order valence-corrected chi connectivity index (χ4v) is 6.74. The zero-order chi connectivity index (χ0) is 22.5. The lowest BCUT2D eigenvalue weighted by molar-refractivity contribution is -0.114. The largest absolute Gasteiger partial charge is 0.497 e. The van der Waals surface area contributed by atoms with Crippen molar-refractivity contribution < 1.29 is 19.4 Å². The minimum Gasteiger partial charge on any atom is -0.497 e. The summed E-state index contributed by atoms with van der Waals surface area (Å²) in [7, 11) is 1.67. The maximum atomic E-state index is 12.2. The Kier molecular flexibility index (Phi) is 5.31. The Bertz CT molecular complexity index is 1050. The zero-order valence-electron chi connectivity index (χ0n) is 19.2. The van der Waals surface area contributed by atoms with Crippen LogP contribution in [0, 0.1) is 29.1 Å². The fourth-order valence-electron chi connectivity index (χ4n) is 6.74. The normalized spacial score (nSPS) is 36.2. The predicted molar refractivity (Wildman–Crippen MR) is 123 cm³/mol. The standard InChI is InChI=1S/C28H32O4/c1-4-14-28(30)15-13-24-23-11-7-19-16-20(29)8-12-22(19)25(23)26(32-17-27(24,28)2)18-5-9-21(31-3)10-6-18/h5-6,9-10,16,23-24,26,30H,7-8,11-13,15,17H2,1-3H3/t23?,24?,26-,27?,28?/m0/s1. The molecular weight excluding hydrogens is 400 g/mol. The number of hydrogen-bond donors (Lipinski definition) is 1. The van der Waals surface area contributed by atoms with Gasteiger partial charge in [0.15, 0.2) is 5.78 Å². The number of ketones is 1. The van der Waals surface area contributed by atoms with Gasteiger partial charge in [0.25, 0.3) is 0 Å². The van der Waals surface area contributed by atoms with Crippen molar-refractivity contribution in [1.29, 1.82) is 0 Å². The molecule has 1 aliphatic heterocycles. The Balaban J connectivity index is 1.67. The molecule has 0 spiro atoms. The minimum absolute atomic E-state index is 0.181. The highest BCUT2D eigenvalue weighted by Crippen LogP contribution is 2.61. The van der Waals surface area contributed by atoms with Crippen molar-refractivity contribution in [3.05, 3.63) is 52.6 Å². The van der Waals surface area contributed by atoms with Crippen molar-refractivity contribution in [3.8, 4) is 17.6 Å². The first-order valence-corrected chi connectivity index (χ1v) is 11.8. The van der Waals surface area contributed by atoms with E-state index in [-0.39, 0.29) is 11.9 Å². The van der Waals surface area contributed by atoms with Crippen molar-refractivity contribution in [2.24, 2.45) is 17.3 Å². The molecule has 1 saturated carbocycles. The lowest BCUT2D eigenvalue weighted by atomic mass is 9.61. The Morgan fingerprint density at radius 1 is 1.16 bits per heavy atom. The van der Waals surface area contributed by atoms with Gasteiger partial charge in [0, 0.05) is 11.8 Å². The van der Waals surface area contributed by atoms with Crippen molar-refractivity contribution in [2.45, 2.75) is 64.1 Å². The molecule has 32 heavy (non-hydrogen) atoms. The summed E-state index contributed by atoms with van der Waals surface area (Å²) in [6.07, 6.45) is 6.58. The van der Waals surface area contributed by atoms with Crippen molar-refractivity contribution in [1.82, 2.24) is 0 Å². The maximum Gasteiger partial charge on any atom is 0.156 e. The first-order valence-electron chi connectivity index (χ1n) is 11.8. The molecule has 5 atom stereocenters. The van der Waals surface area contributed by atoms with Gasteiger partial charge in [0.05, 0.1) is 13.7 Å². The summed E-state index contributed by atoms with van der Waals surface area (Å²) in [5, 5.41) is 11.6. The van der Waals surface area contributed by atoms with Crippen molar-refractivity contribution in [2.75, 3.05) is 13.7 Å². The number of benzene rings is 1. The molecule has 3 aliphatic carbocycles. The van der Waals surface area contributed by atoms with E-state index in [0.717, 1.165) is 37.0 Å². The molecule has 4 heteroatoms. The molecule has 4 unspecified atom stereocenters. The van der Waals surface area contributed by atoms with Crippen LogP contribution in [-0.2, 0) is 9.53 Å². The second-order valence-corrected chi connectivity index (χ2v) is 9.98. The highest BCUT2D eigenvalue weighted by molar-refractivity contribution is 5.93. The van der Waals surface area contributed by atoms with Crippen molar-refractivity contribution in [3.63, 3.8) is 0 Å². The molecule has 4 nitrogen and oxygen atoms in total. The zero-order valence-corrected chi connectivity index (χ0v) is 19.2. The first kappa shape index (κ1) is 21.5. The van der Waals surface area contributed by atoms with Gasteiger partial charge in [-0.3, -0.25) is 4.79 Å². The van der Waals surface area contributed by atoms with Crippen molar-refractivity contribution >= 4 is 5.78 Å². The van der Waals surface area contributed by atoms with E-state index in [1.54, 1.807) is 14.0 Å². The second-order valence-electron chi connectivity index (χ2n) is 9.98. The summed E-state index contributed by atoms with van der Waals surface area (Å²) < 4.78 is 12.1. The minimum atomic E-state index is -1.03. The van der Waals surface area contributed by atoms with Crippen LogP contribution in [0.3, 0.4) is 0 Å². The fraction of sp³-hybridized carbons (Fsp3) is 0.536. The highest BCUT2D eigenvalue weighted by atomic mass is 16.5. The van der Waals surface area contributed by atoms with E-state index in [1.807, 2.05) is 18.2 Å². The Morgan fingerprint density at radius 2 is 1.94 bits per heavy atom. The van der Waals surface area contributed by atoms with Crippen LogP contribution in [0.4, 0.5) is 0 Å². The van der Waals surface area contributed by atoms with Crippen LogP contribution in [0.5, 0.6) is 5.75 Å². The Hall–Kier alpha value is -2.35. The van der Waals surface area contributed by atoms with Gasteiger partial charge in [-0.25, -0.2) is 0 Å². The van der Waals surface area contributed by atoms with Gasteiger partial charge < -0.3 is 14.6 Å². The van der Waals surface area contributed by atoms with E-state index >= 15 is 0 Å². The molecule has 168 valence electrons. The van der Waals surface area contributed by atoms with Crippen LogP contribution in [0.2, 0.25) is 0 Å². The predicted octanol–water partition coefficient (Wildman–Crippen LogP) is 4.93. The van der Waals surface area contributed by atoms with Gasteiger partial charge in [-0.1, -0.05) is 25.0 Å². The van der Waals surface area contributed by atoms with E-state index < -0.39 is 11.0 Å². The number of rotatable bonds is 2.